The SMILES string of the molecule is CCCC(N)C(=O)NC(Cc1ccccc1)c1ccccc1F. The molecule has 2 atom stereocenters. The second-order valence-electron chi connectivity index (χ2n) is 5.67. The van der Waals surface area contributed by atoms with Crippen LogP contribution in [0.1, 0.15) is 36.9 Å². The molecule has 0 aromatic heterocycles. The summed E-state index contributed by atoms with van der Waals surface area (Å²) in [6.07, 6.45) is 1.96. The summed E-state index contributed by atoms with van der Waals surface area (Å²) in [7, 11) is 0. The smallest absolute Gasteiger partial charge is 0.237 e. The van der Waals surface area contributed by atoms with Crippen molar-refractivity contribution in [3.05, 3.63) is 71.5 Å². The van der Waals surface area contributed by atoms with Crippen LogP contribution in [-0.4, -0.2) is 11.9 Å². The average Bonchev–Trinajstić information content (AvgIpc) is 2.56. The van der Waals surface area contributed by atoms with Crippen molar-refractivity contribution < 1.29 is 9.18 Å². The summed E-state index contributed by atoms with van der Waals surface area (Å²) >= 11 is 0. The molecule has 4 heteroatoms. The topological polar surface area (TPSA) is 55.1 Å². The van der Waals surface area contributed by atoms with Crippen molar-refractivity contribution in [1.29, 1.82) is 0 Å². The van der Waals surface area contributed by atoms with Crippen molar-refractivity contribution in [2.24, 2.45) is 5.73 Å². The summed E-state index contributed by atoms with van der Waals surface area (Å²) in [5, 5.41) is 2.90. The van der Waals surface area contributed by atoms with E-state index in [1.807, 2.05) is 37.3 Å². The van der Waals surface area contributed by atoms with Gasteiger partial charge in [-0.1, -0.05) is 61.9 Å². The minimum atomic E-state index is -0.565. The summed E-state index contributed by atoms with van der Waals surface area (Å²) in [5.74, 6) is -0.561. The number of hydrogen-bond acceptors (Lipinski definition) is 2. The van der Waals surface area contributed by atoms with E-state index < -0.39 is 12.1 Å². The highest BCUT2D eigenvalue weighted by molar-refractivity contribution is 5.81. The predicted molar refractivity (Wildman–Crippen MR) is 90.3 cm³/mol. The molecule has 0 heterocycles. The number of nitrogens with one attached hydrogen (secondary N) is 1. The molecule has 3 N–H and O–H groups in total. The van der Waals surface area contributed by atoms with Crippen LogP contribution in [0.15, 0.2) is 54.6 Å². The molecule has 2 rings (SSSR count). The quantitative estimate of drug-likeness (QED) is 0.823. The van der Waals surface area contributed by atoms with Crippen molar-refractivity contribution in [3.63, 3.8) is 0 Å². The van der Waals surface area contributed by atoms with Crippen LogP contribution in [0.4, 0.5) is 4.39 Å². The number of rotatable bonds is 7. The van der Waals surface area contributed by atoms with Gasteiger partial charge in [0, 0.05) is 5.56 Å². The summed E-state index contributed by atoms with van der Waals surface area (Å²) in [5.41, 5.74) is 7.39. The lowest BCUT2D eigenvalue weighted by molar-refractivity contribution is -0.123. The molecule has 2 aromatic rings. The largest absolute Gasteiger partial charge is 0.348 e. The number of amides is 1. The first-order valence-electron chi connectivity index (χ1n) is 7.96. The highest BCUT2D eigenvalue weighted by atomic mass is 19.1. The zero-order valence-corrected chi connectivity index (χ0v) is 13.3. The first kappa shape index (κ1) is 17.2. The number of carbonyl (C=O) groups is 1. The Bertz CT molecular complexity index is 630. The number of nitrogens with two attached hydrogens (primary N) is 1. The van der Waals surface area contributed by atoms with E-state index in [1.165, 1.54) is 6.07 Å². The van der Waals surface area contributed by atoms with Crippen LogP contribution in [0.5, 0.6) is 0 Å². The molecule has 0 saturated heterocycles. The van der Waals surface area contributed by atoms with Gasteiger partial charge in [0.2, 0.25) is 5.91 Å². The first-order valence-corrected chi connectivity index (χ1v) is 7.96. The number of carbonyl (C=O) groups excluding carboxylic acids is 1. The van der Waals surface area contributed by atoms with Gasteiger partial charge in [-0.25, -0.2) is 4.39 Å². The minimum absolute atomic E-state index is 0.240. The number of hydrogen-bond donors (Lipinski definition) is 2. The van der Waals surface area contributed by atoms with Gasteiger partial charge in [0.25, 0.3) is 0 Å². The third-order valence-electron chi connectivity index (χ3n) is 3.82. The third-order valence-corrected chi connectivity index (χ3v) is 3.82. The van der Waals surface area contributed by atoms with E-state index in [9.17, 15) is 9.18 Å². The fraction of sp³-hybridized carbons (Fsp3) is 0.316. The van der Waals surface area contributed by atoms with Crippen LogP contribution in [0.25, 0.3) is 0 Å². The molecule has 0 aliphatic rings. The second kappa shape index (κ2) is 8.44. The molecule has 0 aliphatic heterocycles. The zero-order chi connectivity index (χ0) is 16.7. The predicted octanol–water partition coefficient (Wildman–Crippen LogP) is 3.35. The van der Waals surface area contributed by atoms with E-state index in [2.05, 4.69) is 5.32 Å². The summed E-state index contributed by atoms with van der Waals surface area (Å²) in [4.78, 5) is 12.3. The maximum absolute atomic E-state index is 14.2. The van der Waals surface area contributed by atoms with Crippen LogP contribution in [0.2, 0.25) is 0 Å². The van der Waals surface area contributed by atoms with E-state index in [4.69, 9.17) is 5.73 Å². The zero-order valence-electron chi connectivity index (χ0n) is 13.3. The van der Waals surface area contributed by atoms with Crippen LogP contribution in [-0.2, 0) is 11.2 Å². The third kappa shape index (κ3) is 4.89. The van der Waals surface area contributed by atoms with Crippen LogP contribution >= 0.6 is 0 Å². The molecule has 0 spiro atoms. The van der Waals surface area contributed by atoms with Gasteiger partial charge in [-0.2, -0.15) is 0 Å². The molecule has 3 nitrogen and oxygen atoms in total. The van der Waals surface area contributed by atoms with E-state index in [-0.39, 0.29) is 11.7 Å². The standard InChI is InChI=1S/C19H23FN2O/c1-2-8-17(21)19(23)22-18(13-14-9-4-3-5-10-14)15-11-6-7-12-16(15)20/h3-7,9-12,17-18H,2,8,13,21H2,1H3,(H,22,23). The molecule has 0 fully saturated rings. The Kier molecular flexibility index (Phi) is 6.29. The molecule has 2 aromatic carbocycles. The van der Waals surface area contributed by atoms with Gasteiger partial charge in [-0.3, -0.25) is 4.79 Å². The van der Waals surface area contributed by atoms with Gasteiger partial charge in [0.15, 0.2) is 0 Å². The molecule has 0 radical (unpaired) electrons. The van der Waals surface area contributed by atoms with Gasteiger partial charge < -0.3 is 11.1 Å². The normalized spacial score (nSPS) is 13.3. The lowest BCUT2D eigenvalue weighted by Crippen LogP contribution is -2.42. The summed E-state index contributed by atoms with van der Waals surface area (Å²) in [6, 6.07) is 15.2. The van der Waals surface area contributed by atoms with E-state index in [0.29, 0.717) is 18.4 Å². The average molecular weight is 314 g/mol. The Morgan fingerprint density at radius 2 is 1.78 bits per heavy atom. The van der Waals surface area contributed by atoms with Crippen molar-refractivity contribution in [1.82, 2.24) is 5.32 Å². The van der Waals surface area contributed by atoms with E-state index >= 15 is 0 Å². The van der Waals surface area contributed by atoms with E-state index in [0.717, 1.165) is 12.0 Å². The fourth-order valence-corrected chi connectivity index (χ4v) is 2.57. The summed E-state index contributed by atoms with van der Waals surface area (Å²) in [6.45, 7) is 1.98. The van der Waals surface area contributed by atoms with Gasteiger partial charge in [-0.05, 0) is 24.5 Å². The van der Waals surface area contributed by atoms with Crippen LogP contribution in [0, 0.1) is 5.82 Å². The van der Waals surface area contributed by atoms with E-state index in [1.54, 1.807) is 18.2 Å². The van der Waals surface area contributed by atoms with Crippen LogP contribution < -0.4 is 11.1 Å². The monoisotopic (exact) mass is 314 g/mol. The molecule has 23 heavy (non-hydrogen) atoms. The highest BCUT2D eigenvalue weighted by Gasteiger charge is 2.21. The van der Waals surface area contributed by atoms with Gasteiger partial charge >= 0.3 is 0 Å². The van der Waals surface area contributed by atoms with Crippen molar-refractivity contribution in [2.45, 2.75) is 38.3 Å². The van der Waals surface area contributed by atoms with Crippen LogP contribution in [0.3, 0.4) is 0 Å². The lowest BCUT2D eigenvalue weighted by atomic mass is 9.97. The molecule has 1 amide bonds. The Balaban J connectivity index is 2.21. The number of halogens is 1. The maximum atomic E-state index is 14.2. The molecular weight excluding hydrogens is 291 g/mol. The Labute approximate surface area is 136 Å². The second-order valence-corrected chi connectivity index (χ2v) is 5.67. The molecule has 0 aliphatic carbocycles. The fourth-order valence-electron chi connectivity index (χ4n) is 2.57. The van der Waals surface area contributed by atoms with Crippen molar-refractivity contribution in [3.8, 4) is 0 Å². The van der Waals surface area contributed by atoms with Gasteiger partial charge in [-0.15, -0.1) is 0 Å². The molecule has 2 unspecified atom stereocenters. The Morgan fingerprint density at radius 1 is 1.13 bits per heavy atom. The highest BCUT2D eigenvalue weighted by Crippen LogP contribution is 2.21. The van der Waals surface area contributed by atoms with Gasteiger partial charge in [0.05, 0.1) is 12.1 Å². The van der Waals surface area contributed by atoms with Gasteiger partial charge in [0.1, 0.15) is 5.82 Å². The van der Waals surface area contributed by atoms with Crippen molar-refractivity contribution in [2.75, 3.05) is 0 Å². The molecular formula is C19H23FN2O. The molecule has 0 bridgehead atoms. The Hall–Kier alpha value is -2.20. The van der Waals surface area contributed by atoms with Crippen molar-refractivity contribution >= 4 is 5.91 Å². The lowest BCUT2D eigenvalue weighted by Gasteiger charge is -2.22. The Morgan fingerprint density at radius 3 is 2.43 bits per heavy atom. The first-order chi connectivity index (χ1) is 11.1. The maximum Gasteiger partial charge on any atom is 0.237 e. The molecule has 122 valence electrons. The summed E-state index contributed by atoms with van der Waals surface area (Å²) < 4.78 is 14.2. The molecule has 0 saturated carbocycles. The number of benzene rings is 2. The minimum Gasteiger partial charge on any atom is -0.348 e.